The van der Waals surface area contributed by atoms with Crippen molar-refractivity contribution in [1.82, 2.24) is 9.55 Å². The molecule has 0 saturated heterocycles. The Hall–Kier alpha value is -3.59. The van der Waals surface area contributed by atoms with Crippen molar-refractivity contribution in [2.45, 2.75) is 0 Å². The summed E-state index contributed by atoms with van der Waals surface area (Å²) in [5, 5.41) is 2.43. The highest BCUT2D eigenvalue weighted by Gasteiger charge is 2.13. The van der Waals surface area contributed by atoms with Gasteiger partial charge in [0, 0.05) is 28.2 Å². The molecule has 0 unspecified atom stereocenters. The fourth-order valence-corrected chi connectivity index (χ4v) is 3.63. The molecule has 124 valence electrons. The number of benzene rings is 3. The van der Waals surface area contributed by atoms with Crippen LogP contribution < -0.4 is 5.73 Å². The predicted octanol–water partition coefficient (Wildman–Crippen LogP) is 5.43. The van der Waals surface area contributed by atoms with Crippen LogP contribution >= 0.6 is 0 Å². The number of hydrogen-bond donors (Lipinski definition) is 1. The standard InChI is InChI=1S/C23H17N3/c24-20-10-6-14-25-23(20)16-12-13-22-19(15-16)18-9-4-5-11-21(18)26(22)17-7-2-1-3-8-17/h1-15H,24H2. The van der Waals surface area contributed by atoms with Gasteiger partial charge in [0.1, 0.15) is 0 Å². The summed E-state index contributed by atoms with van der Waals surface area (Å²) in [6.07, 6.45) is 1.78. The first kappa shape index (κ1) is 14.7. The lowest BCUT2D eigenvalue weighted by atomic mass is 10.1. The van der Waals surface area contributed by atoms with Crippen LogP contribution in [0.25, 0.3) is 38.8 Å². The monoisotopic (exact) mass is 335 g/mol. The van der Waals surface area contributed by atoms with E-state index in [9.17, 15) is 0 Å². The van der Waals surface area contributed by atoms with Crippen molar-refractivity contribution in [3.8, 4) is 16.9 Å². The van der Waals surface area contributed by atoms with Gasteiger partial charge in [0.15, 0.2) is 0 Å². The molecule has 3 nitrogen and oxygen atoms in total. The topological polar surface area (TPSA) is 43.8 Å². The first-order valence-electron chi connectivity index (χ1n) is 8.62. The quantitative estimate of drug-likeness (QED) is 0.467. The van der Waals surface area contributed by atoms with Gasteiger partial charge in [-0.05, 0) is 42.5 Å². The summed E-state index contributed by atoms with van der Waals surface area (Å²) >= 11 is 0. The molecule has 26 heavy (non-hydrogen) atoms. The highest BCUT2D eigenvalue weighted by Crippen LogP contribution is 2.35. The van der Waals surface area contributed by atoms with Crippen molar-refractivity contribution in [2.75, 3.05) is 5.73 Å². The Bertz CT molecular complexity index is 1240. The second-order valence-corrected chi connectivity index (χ2v) is 6.36. The Kier molecular flexibility index (Phi) is 3.25. The number of hydrogen-bond acceptors (Lipinski definition) is 2. The minimum atomic E-state index is 0.693. The molecule has 5 aromatic rings. The molecule has 5 rings (SSSR count). The lowest BCUT2D eigenvalue weighted by molar-refractivity contribution is 1.18. The van der Waals surface area contributed by atoms with Crippen LogP contribution in [0.1, 0.15) is 0 Å². The number of nitrogens with zero attached hydrogens (tertiary/aromatic N) is 2. The molecule has 2 N–H and O–H groups in total. The smallest absolute Gasteiger partial charge is 0.0931 e. The van der Waals surface area contributed by atoms with Crippen LogP contribution in [0.4, 0.5) is 5.69 Å². The van der Waals surface area contributed by atoms with Gasteiger partial charge in [0.05, 0.1) is 22.4 Å². The lowest BCUT2D eigenvalue weighted by Gasteiger charge is -2.08. The second kappa shape index (κ2) is 5.74. The van der Waals surface area contributed by atoms with E-state index in [2.05, 4.69) is 76.3 Å². The van der Waals surface area contributed by atoms with Crippen LogP contribution in [-0.4, -0.2) is 9.55 Å². The third-order valence-electron chi connectivity index (χ3n) is 4.80. The minimum absolute atomic E-state index is 0.693. The van der Waals surface area contributed by atoms with Crippen molar-refractivity contribution >= 4 is 27.5 Å². The summed E-state index contributed by atoms with van der Waals surface area (Å²) < 4.78 is 2.30. The summed E-state index contributed by atoms with van der Waals surface area (Å²) in [5.41, 5.74) is 12.2. The zero-order chi connectivity index (χ0) is 17.5. The van der Waals surface area contributed by atoms with Gasteiger partial charge in [-0.1, -0.05) is 42.5 Å². The van der Waals surface area contributed by atoms with Gasteiger partial charge in [-0.3, -0.25) is 4.98 Å². The Morgan fingerprint density at radius 2 is 1.46 bits per heavy atom. The van der Waals surface area contributed by atoms with E-state index in [-0.39, 0.29) is 0 Å². The Balaban J connectivity index is 1.86. The van der Waals surface area contributed by atoms with Gasteiger partial charge in [-0.2, -0.15) is 0 Å². The molecule has 0 bridgehead atoms. The maximum Gasteiger partial charge on any atom is 0.0931 e. The predicted molar refractivity (Wildman–Crippen MR) is 108 cm³/mol. The average Bonchev–Trinajstić information content (AvgIpc) is 3.03. The van der Waals surface area contributed by atoms with E-state index in [1.807, 2.05) is 18.2 Å². The minimum Gasteiger partial charge on any atom is -0.397 e. The highest BCUT2D eigenvalue weighted by molar-refractivity contribution is 6.10. The van der Waals surface area contributed by atoms with Crippen molar-refractivity contribution in [3.63, 3.8) is 0 Å². The van der Waals surface area contributed by atoms with Crippen molar-refractivity contribution in [3.05, 3.63) is 91.1 Å². The Morgan fingerprint density at radius 1 is 0.692 bits per heavy atom. The number of rotatable bonds is 2. The van der Waals surface area contributed by atoms with Crippen molar-refractivity contribution in [2.24, 2.45) is 0 Å². The summed E-state index contributed by atoms with van der Waals surface area (Å²) in [5.74, 6) is 0. The first-order valence-corrected chi connectivity index (χ1v) is 8.62. The zero-order valence-corrected chi connectivity index (χ0v) is 14.1. The number of nitrogens with two attached hydrogens (primary N) is 1. The van der Waals surface area contributed by atoms with Crippen LogP contribution in [0.2, 0.25) is 0 Å². The van der Waals surface area contributed by atoms with Gasteiger partial charge < -0.3 is 10.3 Å². The molecular weight excluding hydrogens is 318 g/mol. The van der Waals surface area contributed by atoms with Gasteiger partial charge in [0.25, 0.3) is 0 Å². The molecule has 0 spiro atoms. The van der Waals surface area contributed by atoms with Gasteiger partial charge in [-0.15, -0.1) is 0 Å². The molecule has 0 aliphatic rings. The Labute approximate surface area is 151 Å². The van der Waals surface area contributed by atoms with E-state index in [0.29, 0.717) is 5.69 Å². The third kappa shape index (κ3) is 2.18. The zero-order valence-electron chi connectivity index (χ0n) is 14.1. The molecule has 3 aromatic carbocycles. The maximum atomic E-state index is 6.14. The van der Waals surface area contributed by atoms with Crippen molar-refractivity contribution < 1.29 is 0 Å². The van der Waals surface area contributed by atoms with Crippen LogP contribution in [0, 0.1) is 0 Å². The molecule has 0 amide bonds. The SMILES string of the molecule is Nc1cccnc1-c1ccc2c(c1)c1ccccc1n2-c1ccccc1. The van der Waals surface area contributed by atoms with Gasteiger partial charge in [0.2, 0.25) is 0 Å². The molecule has 0 saturated carbocycles. The van der Waals surface area contributed by atoms with Crippen LogP contribution in [0.3, 0.4) is 0 Å². The average molecular weight is 335 g/mol. The van der Waals surface area contributed by atoms with E-state index in [4.69, 9.17) is 5.73 Å². The van der Waals surface area contributed by atoms with Gasteiger partial charge >= 0.3 is 0 Å². The third-order valence-corrected chi connectivity index (χ3v) is 4.80. The number of aromatic nitrogens is 2. The Morgan fingerprint density at radius 3 is 2.31 bits per heavy atom. The molecule has 3 heteroatoms. The van der Waals surface area contributed by atoms with E-state index in [1.165, 1.54) is 21.8 Å². The van der Waals surface area contributed by atoms with E-state index >= 15 is 0 Å². The molecule has 0 fully saturated rings. The molecular formula is C23H17N3. The summed E-state index contributed by atoms with van der Waals surface area (Å²) in [6.45, 7) is 0. The number of fused-ring (bicyclic) bond motifs is 3. The lowest BCUT2D eigenvalue weighted by Crippen LogP contribution is -1.94. The summed E-state index contributed by atoms with van der Waals surface area (Å²) in [4.78, 5) is 4.47. The van der Waals surface area contributed by atoms with Crippen LogP contribution in [0.5, 0.6) is 0 Å². The molecule has 0 atom stereocenters. The van der Waals surface area contributed by atoms with Crippen LogP contribution in [0.15, 0.2) is 91.1 Å². The number of anilines is 1. The maximum absolute atomic E-state index is 6.14. The van der Waals surface area contributed by atoms with E-state index in [1.54, 1.807) is 6.20 Å². The molecule has 2 aromatic heterocycles. The normalized spacial score (nSPS) is 11.2. The molecule has 0 aliphatic heterocycles. The van der Waals surface area contributed by atoms with E-state index in [0.717, 1.165) is 16.9 Å². The molecule has 0 radical (unpaired) electrons. The second-order valence-electron chi connectivity index (χ2n) is 6.36. The number of para-hydroxylation sites is 2. The van der Waals surface area contributed by atoms with Crippen molar-refractivity contribution in [1.29, 1.82) is 0 Å². The van der Waals surface area contributed by atoms with Gasteiger partial charge in [-0.25, -0.2) is 0 Å². The highest BCUT2D eigenvalue weighted by atomic mass is 15.0. The fraction of sp³-hybridized carbons (Fsp3) is 0. The molecule has 2 heterocycles. The van der Waals surface area contributed by atoms with Crippen LogP contribution in [-0.2, 0) is 0 Å². The number of nitrogen functional groups attached to an aromatic ring is 1. The first-order chi connectivity index (χ1) is 12.8. The largest absolute Gasteiger partial charge is 0.397 e. The summed E-state index contributed by atoms with van der Waals surface area (Å²) in [7, 11) is 0. The number of pyridine rings is 1. The fourth-order valence-electron chi connectivity index (χ4n) is 3.63. The van der Waals surface area contributed by atoms with E-state index < -0.39 is 0 Å². The molecule has 0 aliphatic carbocycles. The summed E-state index contributed by atoms with van der Waals surface area (Å²) in [6, 6.07) is 29.1.